The van der Waals surface area contributed by atoms with E-state index >= 15 is 0 Å². The third-order valence-corrected chi connectivity index (χ3v) is 5.77. The number of rotatable bonds is 12. The van der Waals surface area contributed by atoms with E-state index in [4.69, 9.17) is 0 Å². The van der Waals surface area contributed by atoms with Gasteiger partial charge in [-0.05, 0) is 47.2 Å². The number of carbonyl (C=O) groups is 1. The number of hydrogen-bond donors (Lipinski definition) is 0. The van der Waals surface area contributed by atoms with E-state index in [9.17, 15) is 4.79 Å². The fourth-order valence-corrected chi connectivity index (χ4v) is 3.65. The van der Waals surface area contributed by atoms with Gasteiger partial charge in [0.05, 0.1) is 0 Å². The van der Waals surface area contributed by atoms with Crippen molar-refractivity contribution in [3.63, 3.8) is 0 Å². The van der Waals surface area contributed by atoms with Crippen LogP contribution in [0.3, 0.4) is 0 Å². The molecule has 0 saturated carbocycles. The molecule has 3 aromatic carbocycles. The van der Waals surface area contributed by atoms with Gasteiger partial charge in [-0.3, -0.25) is 4.79 Å². The van der Waals surface area contributed by atoms with Crippen molar-refractivity contribution in [2.75, 3.05) is 18.0 Å². The molecule has 170 valence electrons. The SMILES string of the molecule is CCCCN(CCCC)c1ccc(/C=C/c2ccc(/C=C/c3ccc(C=O)cc3)cc2)cc1. The highest BCUT2D eigenvalue weighted by atomic mass is 16.1. The van der Waals surface area contributed by atoms with Gasteiger partial charge < -0.3 is 4.90 Å². The summed E-state index contributed by atoms with van der Waals surface area (Å²) in [6, 6.07) is 25.0. The van der Waals surface area contributed by atoms with E-state index in [-0.39, 0.29) is 0 Å². The first kappa shape index (κ1) is 24.3. The molecule has 0 aliphatic rings. The van der Waals surface area contributed by atoms with Crippen LogP contribution in [0.4, 0.5) is 5.69 Å². The molecule has 3 aromatic rings. The summed E-state index contributed by atoms with van der Waals surface area (Å²) in [5.41, 5.74) is 6.65. The predicted octanol–water partition coefficient (Wildman–Crippen LogP) is 8.25. The third-order valence-electron chi connectivity index (χ3n) is 5.77. The molecule has 0 aromatic heterocycles. The van der Waals surface area contributed by atoms with Crippen LogP contribution in [0.2, 0.25) is 0 Å². The minimum Gasteiger partial charge on any atom is -0.372 e. The summed E-state index contributed by atoms with van der Waals surface area (Å²) in [6.07, 6.45) is 14.3. The average Bonchev–Trinajstić information content (AvgIpc) is 2.87. The van der Waals surface area contributed by atoms with Gasteiger partial charge in [0.15, 0.2) is 0 Å². The van der Waals surface area contributed by atoms with Gasteiger partial charge in [0.1, 0.15) is 6.29 Å². The number of anilines is 1. The van der Waals surface area contributed by atoms with Gasteiger partial charge >= 0.3 is 0 Å². The monoisotopic (exact) mass is 437 g/mol. The average molecular weight is 438 g/mol. The van der Waals surface area contributed by atoms with Crippen molar-refractivity contribution >= 4 is 36.3 Å². The molecule has 0 saturated heterocycles. The Morgan fingerprint density at radius 2 is 0.879 bits per heavy atom. The lowest BCUT2D eigenvalue weighted by Crippen LogP contribution is -2.25. The van der Waals surface area contributed by atoms with Crippen molar-refractivity contribution < 1.29 is 4.79 Å². The molecule has 0 radical (unpaired) electrons. The Morgan fingerprint density at radius 3 is 1.21 bits per heavy atom. The summed E-state index contributed by atoms with van der Waals surface area (Å²) in [5, 5.41) is 0. The molecule has 0 atom stereocenters. The minimum absolute atomic E-state index is 0.697. The lowest BCUT2D eigenvalue weighted by Gasteiger charge is -2.24. The van der Waals surface area contributed by atoms with Crippen molar-refractivity contribution in [1.82, 2.24) is 0 Å². The van der Waals surface area contributed by atoms with Gasteiger partial charge in [-0.2, -0.15) is 0 Å². The third kappa shape index (κ3) is 7.91. The topological polar surface area (TPSA) is 20.3 Å². The molecular formula is C31H35NO. The van der Waals surface area contributed by atoms with Gasteiger partial charge in [0.25, 0.3) is 0 Å². The second kappa shape index (κ2) is 13.2. The molecule has 3 rings (SSSR count). The lowest BCUT2D eigenvalue weighted by atomic mass is 10.1. The number of aldehydes is 1. The quantitative estimate of drug-likeness (QED) is 0.210. The van der Waals surface area contributed by atoms with Crippen LogP contribution in [-0.4, -0.2) is 19.4 Å². The van der Waals surface area contributed by atoms with E-state index in [1.54, 1.807) is 0 Å². The summed E-state index contributed by atoms with van der Waals surface area (Å²) in [5.74, 6) is 0. The minimum atomic E-state index is 0.697. The molecule has 0 N–H and O–H groups in total. The van der Waals surface area contributed by atoms with E-state index in [0.717, 1.165) is 30.5 Å². The van der Waals surface area contributed by atoms with Crippen LogP contribution in [0.1, 0.15) is 72.1 Å². The Bertz CT molecular complexity index is 1020. The largest absolute Gasteiger partial charge is 0.372 e. The van der Waals surface area contributed by atoms with Crippen LogP contribution in [0.25, 0.3) is 24.3 Å². The van der Waals surface area contributed by atoms with Crippen molar-refractivity contribution in [2.24, 2.45) is 0 Å². The molecule has 0 aliphatic heterocycles. The van der Waals surface area contributed by atoms with Crippen LogP contribution in [-0.2, 0) is 0 Å². The Balaban J connectivity index is 1.59. The maximum atomic E-state index is 10.8. The molecule has 0 heterocycles. The Hall–Kier alpha value is -3.39. The van der Waals surface area contributed by atoms with Crippen LogP contribution < -0.4 is 4.90 Å². The van der Waals surface area contributed by atoms with Gasteiger partial charge in [-0.15, -0.1) is 0 Å². The van der Waals surface area contributed by atoms with E-state index in [1.165, 1.54) is 42.5 Å². The van der Waals surface area contributed by atoms with Crippen LogP contribution in [0, 0.1) is 0 Å². The number of hydrogen-bond acceptors (Lipinski definition) is 2. The van der Waals surface area contributed by atoms with E-state index < -0.39 is 0 Å². The fraction of sp³-hybridized carbons (Fsp3) is 0.258. The van der Waals surface area contributed by atoms with E-state index in [0.29, 0.717) is 5.56 Å². The van der Waals surface area contributed by atoms with Gasteiger partial charge in [-0.25, -0.2) is 0 Å². The van der Waals surface area contributed by atoms with E-state index in [1.807, 2.05) is 24.3 Å². The Labute approximate surface area is 199 Å². The van der Waals surface area contributed by atoms with Gasteiger partial charge in [0, 0.05) is 24.3 Å². The fourth-order valence-electron chi connectivity index (χ4n) is 3.65. The van der Waals surface area contributed by atoms with Crippen molar-refractivity contribution in [2.45, 2.75) is 39.5 Å². The molecule has 2 heteroatoms. The first-order valence-electron chi connectivity index (χ1n) is 12.1. The van der Waals surface area contributed by atoms with Crippen molar-refractivity contribution in [3.8, 4) is 0 Å². The molecule has 0 bridgehead atoms. The first-order chi connectivity index (χ1) is 16.2. The number of unbranched alkanes of at least 4 members (excludes halogenated alkanes) is 2. The summed E-state index contributed by atoms with van der Waals surface area (Å²) in [6.45, 7) is 6.78. The maximum absolute atomic E-state index is 10.8. The maximum Gasteiger partial charge on any atom is 0.150 e. The highest BCUT2D eigenvalue weighted by molar-refractivity contribution is 5.77. The summed E-state index contributed by atoms with van der Waals surface area (Å²) in [7, 11) is 0. The summed E-state index contributed by atoms with van der Waals surface area (Å²) in [4.78, 5) is 13.3. The zero-order valence-electron chi connectivity index (χ0n) is 19.9. The van der Waals surface area contributed by atoms with Crippen LogP contribution in [0.15, 0.2) is 72.8 Å². The molecule has 0 unspecified atom stereocenters. The molecule has 0 fully saturated rings. The highest BCUT2D eigenvalue weighted by Crippen LogP contribution is 2.19. The second-order valence-electron chi connectivity index (χ2n) is 8.40. The van der Waals surface area contributed by atoms with Crippen LogP contribution >= 0.6 is 0 Å². The molecule has 2 nitrogen and oxygen atoms in total. The van der Waals surface area contributed by atoms with Gasteiger partial charge in [-0.1, -0.05) is 112 Å². The molecule has 0 aliphatic carbocycles. The zero-order valence-corrected chi connectivity index (χ0v) is 19.9. The first-order valence-corrected chi connectivity index (χ1v) is 12.1. The standard InChI is InChI=1S/C31H35NO/c1-3-5-23-32(24-6-4-2)31-21-19-29(20-22-31)14-13-27-9-7-26(8-10-27)11-12-28-15-17-30(25-33)18-16-28/h7-22,25H,3-6,23-24H2,1-2H3/b12-11+,14-13+. The summed E-state index contributed by atoms with van der Waals surface area (Å²) < 4.78 is 0. The van der Waals surface area contributed by atoms with Gasteiger partial charge in [0.2, 0.25) is 0 Å². The smallest absolute Gasteiger partial charge is 0.150 e. The van der Waals surface area contributed by atoms with E-state index in [2.05, 4.69) is 91.6 Å². The predicted molar refractivity (Wildman–Crippen MR) is 145 cm³/mol. The van der Waals surface area contributed by atoms with Crippen molar-refractivity contribution in [1.29, 1.82) is 0 Å². The molecule has 33 heavy (non-hydrogen) atoms. The second-order valence-corrected chi connectivity index (χ2v) is 8.40. The number of carbonyl (C=O) groups excluding carboxylic acids is 1. The zero-order chi connectivity index (χ0) is 23.3. The number of nitrogens with zero attached hydrogens (tertiary/aromatic N) is 1. The molecular weight excluding hydrogens is 402 g/mol. The highest BCUT2D eigenvalue weighted by Gasteiger charge is 2.05. The molecule has 0 amide bonds. The van der Waals surface area contributed by atoms with Crippen LogP contribution in [0.5, 0.6) is 0 Å². The van der Waals surface area contributed by atoms with Crippen molar-refractivity contribution in [3.05, 3.63) is 101 Å². The number of benzene rings is 3. The molecule has 0 spiro atoms. The summed E-state index contributed by atoms with van der Waals surface area (Å²) >= 11 is 0. The Morgan fingerprint density at radius 1 is 0.545 bits per heavy atom. The lowest BCUT2D eigenvalue weighted by molar-refractivity contribution is 0.112. The normalized spacial score (nSPS) is 11.3. The Kier molecular flexibility index (Phi) is 9.72.